The van der Waals surface area contributed by atoms with E-state index >= 15 is 0 Å². The third kappa shape index (κ3) is 2.50. The lowest BCUT2D eigenvalue weighted by Crippen LogP contribution is -2.47. The number of rotatable bonds is 3. The van der Waals surface area contributed by atoms with Gasteiger partial charge in [-0.3, -0.25) is 9.59 Å². The number of nitrogens with one attached hydrogen (secondary N) is 1. The summed E-state index contributed by atoms with van der Waals surface area (Å²) < 4.78 is 0. The van der Waals surface area contributed by atoms with E-state index in [1.807, 2.05) is 0 Å². The molecule has 3 N–H and O–H groups in total. The molecule has 0 unspecified atom stereocenters. The number of aliphatic hydroxyl groups excluding tert-OH is 1. The molecule has 68 valence electrons. The van der Waals surface area contributed by atoms with Crippen LogP contribution in [0.25, 0.3) is 0 Å². The molecule has 5 heteroatoms. The predicted molar refractivity (Wildman–Crippen MR) is 39.4 cm³/mol. The molecule has 12 heavy (non-hydrogen) atoms. The molecule has 5 nitrogen and oxygen atoms in total. The molecule has 0 heterocycles. The van der Waals surface area contributed by atoms with Crippen molar-refractivity contribution in [3.63, 3.8) is 0 Å². The second-order valence-electron chi connectivity index (χ2n) is 2.96. The van der Waals surface area contributed by atoms with Gasteiger partial charge in [-0.05, 0) is 12.8 Å². The number of aliphatic carboxylic acids is 1. The Morgan fingerprint density at radius 3 is 2.42 bits per heavy atom. The van der Waals surface area contributed by atoms with Crippen LogP contribution in [0, 0.1) is 0 Å². The molecule has 0 spiro atoms. The number of carboxylic acid groups (broad SMARTS) is 1. The van der Waals surface area contributed by atoms with Crippen LogP contribution in [0.2, 0.25) is 0 Å². The first-order valence-corrected chi connectivity index (χ1v) is 3.77. The van der Waals surface area contributed by atoms with Gasteiger partial charge in [-0.1, -0.05) is 0 Å². The molecule has 0 bridgehead atoms. The van der Waals surface area contributed by atoms with Gasteiger partial charge in [0, 0.05) is 6.04 Å². The van der Waals surface area contributed by atoms with Crippen LogP contribution >= 0.6 is 0 Å². The third-order valence-corrected chi connectivity index (χ3v) is 1.79. The molecule has 0 aromatic heterocycles. The molecule has 1 aliphatic carbocycles. The molecule has 0 aromatic carbocycles. The number of carboxylic acids is 1. The zero-order valence-corrected chi connectivity index (χ0v) is 6.49. The van der Waals surface area contributed by atoms with Crippen molar-refractivity contribution in [3.05, 3.63) is 0 Å². The number of hydrogen-bond donors (Lipinski definition) is 3. The van der Waals surface area contributed by atoms with Crippen molar-refractivity contribution in [2.45, 2.75) is 31.4 Å². The second-order valence-corrected chi connectivity index (χ2v) is 2.96. The van der Waals surface area contributed by atoms with Gasteiger partial charge in [0.25, 0.3) is 0 Å². The number of carbonyl (C=O) groups is 2. The van der Waals surface area contributed by atoms with Crippen molar-refractivity contribution in [1.29, 1.82) is 0 Å². The first-order valence-electron chi connectivity index (χ1n) is 3.77. The van der Waals surface area contributed by atoms with E-state index in [-0.39, 0.29) is 12.1 Å². The predicted octanol–water partition coefficient (Wildman–Crippen LogP) is -0.899. The molecule has 0 aromatic rings. The van der Waals surface area contributed by atoms with Crippen molar-refractivity contribution in [1.82, 2.24) is 5.32 Å². The number of hydrogen-bond acceptors (Lipinski definition) is 3. The van der Waals surface area contributed by atoms with Crippen molar-refractivity contribution in [2.24, 2.45) is 0 Å². The van der Waals surface area contributed by atoms with Gasteiger partial charge in [-0.25, -0.2) is 0 Å². The van der Waals surface area contributed by atoms with Crippen molar-refractivity contribution in [3.8, 4) is 0 Å². The van der Waals surface area contributed by atoms with Gasteiger partial charge in [0.05, 0.1) is 6.10 Å². The van der Waals surface area contributed by atoms with Gasteiger partial charge in [0.15, 0.2) is 0 Å². The van der Waals surface area contributed by atoms with E-state index in [4.69, 9.17) is 10.2 Å². The van der Waals surface area contributed by atoms with Gasteiger partial charge in [0.2, 0.25) is 5.91 Å². The van der Waals surface area contributed by atoms with Crippen molar-refractivity contribution >= 4 is 11.9 Å². The Morgan fingerprint density at radius 1 is 1.42 bits per heavy atom. The lowest BCUT2D eigenvalue weighted by atomic mass is 9.89. The molecule has 0 saturated heterocycles. The van der Waals surface area contributed by atoms with Crippen LogP contribution in [0.3, 0.4) is 0 Å². The Kier molecular flexibility index (Phi) is 2.65. The topological polar surface area (TPSA) is 86.6 Å². The van der Waals surface area contributed by atoms with E-state index < -0.39 is 18.3 Å². The summed E-state index contributed by atoms with van der Waals surface area (Å²) in [4.78, 5) is 20.8. The van der Waals surface area contributed by atoms with Crippen LogP contribution < -0.4 is 5.32 Å². The Bertz CT molecular complexity index is 198. The summed E-state index contributed by atoms with van der Waals surface area (Å²) in [5, 5.41) is 19.6. The number of aliphatic hydroxyl groups is 1. The number of carbonyl (C=O) groups excluding carboxylic acids is 1. The fraction of sp³-hybridized carbons (Fsp3) is 0.714. The SMILES string of the molecule is O=C(O)CC(=O)NC1CC(O)C1. The van der Waals surface area contributed by atoms with Crippen molar-refractivity contribution < 1.29 is 19.8 Å². The summed E-state index contributed by atoms with van der Waals surface area (Å²) in [6.07, 6.45) is 0.240. The number of amides is 1. The summed E-state index contributed by atoms with van der Waals surface area (Å²) in [7, 11) is 0. The van der Waals surface area contributed by atoms with E-state index in [9.17, 15) is 9.59 Å². The molecule has 0 atom stereocenters. The Balaban J connectivity index is 2.15. The normalized spacial score (nSPS) is 27.4. The zero-order valence-electron chi connectivity index (χ0n) is 6.49. The minimum Gasteiger partial charge on any atom is -0.481 e. The largest absolute Gasteiger partial charge is 0.481 e. The van der Waals surface area contributed by atoms with Gasteiger partial charge < -0.3 is 15.5 Å². The Morgan fingerprint density at radius 2 is 2.00 bits per heavy atom. The molecular formula is C7H11NO4. The van der Waals surface area contributed by atoms with Crippen LogP contribution in [-0.4, -0.2) is 34.2 Å². The molecule has 1 rings (SSSR count). The molecular weight excluding hydrogens is 162 g/mol. The van der Waals surface area contributed by atoms with Gasteiger partial charge in [-0.15, -0.1) is 0 Å². The molecule has 1 amide bonds. The lowest BCUT2D eigenvalue weighted by molar-refractivity contribution is -0.141. The maximum absolute atomic E-state index is 10.8. The van der Waals surface area contributed by atoms with E-state index in [1.54, 1.807) is 0 Å². The van der Waals surface area contributed by atoms with Crippen LogP contribution in [0.5, 0.6) is 0 Å². The Hall–Kier alpha value is -1.10. The first-order chi connectivity index (χ1) is 5.58. The average molecular weight is 173 g/mol. The van der Waals surface area contributed by atoms with Gasteiger partial charge in [0.1, 0.15) is 6.42 Å². The van der Waals surface area contributed by atoms with Crippen LogP contribution in [0.15, 0.2) is 0 Å². The minimum atomic E-state index is -1.13. The highest BCUT2D eigenvalue weighted by molar-refractivity contribution is 5.93. The van der Waals surface area contributed by atoms with E-state index in [2.05, 4.69) is 5.32 Å². The van der Waals surface area contributed by atoms with Crippen LogP contribution in [0.1, 0.15) is 19.3 Å². The smallest absolute Gasteiger partial charge is 0.312 e. The maximum Gasteiger partial charge on any atom is 0.312 e. The highest BCUT2D eigenvalue weighted by Crippen LogP contribution is 2.19. The summed E-state index contributed by atoms with van der Waals surface area (Å²) in [6.45, 7) is 0. The lowest BCUT2D eigenvalue weighted by Gasteiger charge is -2.31. The summed E-state index contributed by atoms with van der Waals surface area (Å²) in [5.74, 6) is -1.62. The highest BCUT2D eigenvalue weighted by Gasteiger charge is 2.28. The van der Waals surface area contributed by atoms with Crippen LogP contribution in [-0.2, 0) is 9.59 Å². The minimum absolute atomic E-state index is 0.0353. The molecule has 1 saturated carbocycles. The molecule has 0 aliphatic heterocycles. The third-order valence-electron chi connectivity index (χ3n) is 1.79. The second kappa shape index (κ2) is 3.53. The summed E-state index contributed by atoms with van der Waals surface area (Å²) in [6, 6.07) is -0.0353. The van der Waals surface area contributed by atoms with Gasteiger partial charge in [-0.2, -0.15) is 0 Å². The molecule has 1 aliphatic rings. The monoisotopic (exact) mass is 173 g/mol. The average Bonchev–Trinajstić information content (AvgIpc) is 1.82. The highest BCUT2D eigenvalue weighted by atomic mass is 16.4. The fourth-order valence-corrected chi connectivity index (χ4v) is 1.12. The fourth-order valence-electron chi connectivity index (χ4n) is 1.12. The van der Waals surface area contributed by atoms with Crippen molar-refractivity contribution in [2.75, 3.05) is 0 Å². The van der Waals surface area contributed by atoms with Gasteiger partial charge >= 0.3 is 5.97 Å². The zero-order chi connectivity index (χ0) is 9.14. The quantitative estimate of drug-likeness (QED) is 0.483. The maximum atomic E-state index is 10.8. The Labute approximate surface area is 69.4 Å². The summed E-state index contributed by atoms with van der Waals surface area (Å²) >= 11 is 0. The standard InChI is InChI=1S/C7H11NO4/c9-5-1-4(2-5)8-6(10)3-7(11)12/h4-5,9H,1-3H2,(H,8,10)(H,11,12). The summed E-state index contributed by atoms with van der Waals surface area (Å²) in [5.41, 5.74) is 0. The van der Waals surface area contributed by atoms with E-state index in [0.29, 0.717) is 12.8 Å². The first kappa shape index (κ1) is 8.99. The van der Waals surface area contributed by atoms with E-state index in [1.165, 1.54) is 0 Å². The molecule has 1 fully saturated rings. The van der Waals surface area contributed by atoms with E-state index in [0.717, 1.165) is 0 Å². The molecule has 0 radical (unpaired) electrons. The van der Waals surface area contributed by atoms with Crippen LogP contribution in [0.4, 0.5) is 0 Å².